The van der Waals surface area contributed by atoms with Gasteiger partial charge in [-0.15, -0.1) is 0 Å². The number of rotatable bonds is 23. The second-order valence-corrected chi connectivity index (χ2v) is 10.3. The molecule has 3 rings (SSSR count). The van der Waals surface area contributed by atoms with Gasteiger partial charge in [0, 0.05) is 38.3 Å². The fourth-order valence-electron chi connectivity index (χ4n) is 4.20. The van der Waals surface area contributed by atoms with Gasteiger partial charge >= 0.3 is 0 Å². The van der Waals surface area contributed by atoms with E-state index in [2.05, 4.69) is 43.1 Å². The molecular formula is C32H47FN8O3. The number of aromatic nitrogens is 3. The molecular weight excluding hydrogens is 563 g/mol. The smallest absolute Gasteiger partial charge is 0.251 e. The molecule has 0 unspecified atom stereocenters. The highest BCUT2D eigenvalue weighted by atomic mass is 19.1. The molecule has 0 aliphatic rings. The maximum Gasteiger partial charge on any atom is 0.251 e. The van der Waals surface area contributed by atoms with Crippen molar-refractivity contribution >= 4 is 23.8 Å². The van der Waals surface area contributed by atoms with Crippen molar-refractivity contribution in [2.45, 2.75) is 58.5 Å². The van der Waals surface area contributed by atoms with E-state index < -0.39 is 0 Å². The highest BCUT2D eigenvalue weighted by molar-refractivity contribution is 5.94. The number of unbranched alkanes of at least 4 members (excludes halogenated alkanes) is 5. The SMILES string of the molecule is CCCCCCCCNc1nc(NCc2ccc(F)cc2)nc(NCc2ccc(C(=O)NCCOCCOCCN)cc2)n1. The summed E-state index contributed by atoms with van der Waals surface area (Å²) in [6, 6.07) is 13.6. The Morgan fingerprint density at radius 1 is 0.705 bits per heavy atom. The zero-order valence-corrected chi connectivity index (χ0v) is 25.7. The first kappa shape index (κ1) is 34.6. The molecule has 0 saturated heterocycles. The minimum absolute atomic E-state index is 0.164. The standard InChI is InChI=1S/C32H47FN8O3/c1-2-3-4-5-6-7-17-36-30-39-31(41-32(40-30)38-24-26-10-14-28(33)15-11-26)37-23-25-8-12-27(13-9-25)29(42)35-18-20-44-22-21-43-19-16-34/h8-15H,2-7,16-24,34H2,1H3,(H,35,42)(H3,36,37,38,39,40,41). The second-order valence-electron chi connectivity index (χ2n) is 10.3. The Labute approximate surface area is 260 Å². The summed E-state index contributed by atoms with van der Waals surface area (Å²) in [6.45, 7) is 6.64. The lowest BCUT2D eigenvalue weighted by Gasteiger charge is -2.12. The molecule has 1 amide bonds. The Bertz CT molecular complexity index is 1220. The molecule has 0 atom stereocenters. The van der Waals surface area contributed by atoms with Gasteiger partial charge in [-0.25, -0.2) is 4.39 Å². The summed E-state index contributed by atoms with van der Waals surface area (Å²) in [5.41, 5.74) is 7.80. The van der Waals surface area contributed by atoms with Crippen molar-refractivity contribution in [2.24, 2.45) is 5.73 Å². The highest BCUT2D eigenvalue weighted by Crippen LogP contribution is 2.14. The lowest BCUT2D eigenvalue weighted by Crippen LogP contribution is -2.27. The van der Waals surface area contributed by atoms with E-state index in [0.717, 1.165) is 30.5 Å². The third-order valence-corrected chi connectivity index (χ3v) is 6.65. The zero-order chi connectivity index (χ0) is 31.2. The molecule has 240 valence electrons. The number of halogens is 1. The highest BCUT2D eigenvalue weighted by Gasteiger charge is 2.09. The van der Waals surface area contributed by atoms with Gasteiger partial charge in [0.1, 0.15) is 5.82 Å². The van der Waals surface area contributed by atoms with E-state index in [1.165, 1.54) is 37.8 Å². The normalized spacial score (nSPS) is 10.9. The van der Waals surface area contributed by atoms with Crippen molar-refractivity contribution in [1.29, 1.82) is 0 Å². The topological polar surface area (TPSA) is 148 Å². The number of hydrogen-bond donors (Lipinski definition) is 5. The number of nitrogens with one attached hydrogen (secondary N) is 4. The van der Waals surface area contributed by atoms with Crippen molar-refractivity contribution in [3.05, 3.63) is 71.0 Å². The van der Waals surface area contributed by atoms with Crippen molar-refractivity contribution < 1.29 is 18.7 Å². The van der Waals surface area contributed by atoms with Crippen LogP contribution in [0.15, 0.2) is 48.5 Å². The van der Waals surface area contributed by atoms with Gasteiger partial charge in [0.15, 0.2) is 0 Å². The number of carbonyl (C=O) groups is 1. The minimum atomic E-state index is -0.277. The zero-order valence-electron chi connectivity index (χ0n) is 25.7. The van der Waals surface area contributed by atoms with E-state index in [1.807, 2.05) is 12.1 Å². The number of hydrogen-bond acceptors (Lipinski definition) is 10. The minimum Gasteiger partial charge on any atom is -0.378 e. The molecule has 0 radical (unpaired) electrons. The summed E-state index contributed by atoms with van der Waals surface area (Å²) in [4.78, 5) is 26.1. The molecule has 0 aliphatic heterocycles. The Morgan fingerprint density at radius 3 is 1.86 bits per heavy atom. The van der Waals surface area contributed by atoms with E-state index in [0.29, 0.717) is 76.0 Å². The Hall–Kier alpha value is -3.87. The molecule has 0 spiro atoms. The van der Waals surface area contributed by atoms with Gasteiger partial charge in [-0.3, -0.25) is 4.79 Å². The summed E-state index contributed by atoms with van der Waals surface area (Å²) >= 11 is 0. The fraction of sp³-hybridized carbons (Fsp3) is 0.500. The molecule has 11 nitrogen and oxygen atoms in total. The number of ether oxygens (including phenoxy) is 2. The average molecular weight is 611 g/mol. The van der Waals surface area contributed by atoms with Crippen LogP contribution in [0.3, 0.4) is 0 Å². The van der Waals surface area contributed by atoms with Crippen LogP contribution in [0.1, 0.15) is 66.9 Å². The summed E-state index contributed by atoms with van der Waals surface area (Å²) in [7, 11) is 0. The van der Waals surface area contributed by atoms with E-state index in [1.54, 1.807) is 24.3 Å². The van der Waals surface area contributed by atoms with Gasteiger partial charge in [0.05, 0.1) is 26.4 Å². The maximum absolute atomic E-state index is 13.3. The number of carbonyl (C=O) groups excluding carboxylic acids is 1. The predicted molar refractivity (Wildman–Crippen MR) is 172 cm³/mol. The Balaban J connectivity index is 1.50. The lowest BCUT2D eigenvalue weighted by molar-refractivity contribution is 0.0511. The van der Waals surface area contributed by atoms with Crippen LogP contribution < -0.4 is 27.0 Å². The maximum atomic E-state index is 13.3. The van der Waals surface area contributed by atoms with Gasteiger partial charge in [-0.1, -0.05) is 63.3 Å². The van der Waals surface area contributed by atoms with Crippen LogP contribution in [0, 0.1) is 5.82 Å². The van der Waals surface area contributed by atoms with Crippen LogP contribution in [0.25, 0.3) is 0 Å². The number of nitrogens with two attached hydrogens (primary N) is 1. The van der Waals surface area contributed by atoms with Crippen LogP contribution in [0.2, 0.25) is 0 Å². The number of anilines is 3. The number of benzene rings is 2. The first-order valence-electron chi connectivity index (χ1n) is 15.5. The van der Waals surface area contributed by atoms with Gasteiger partial charge in [0.25, 0.3) is 5.91 Å². The molecule has 6 N–H and O–H groups in total. The first-order chi connectivity index (χ1) is 21.6. The van der Waals surface area contributed by atoms with Crippen LogP contribution >= 0.6 is 0 Å². The van der Waals surface area contributed by atoms with Crippen LogP contribution in [-0.4, -0.2) is 66.9 Å². The first-order valence-corrected chi connectivity index (χ1v) is 15.5. The molecule has 12 heteroatoms. The van der Waals surface area contributed by atoms with Crippen molar-refractivity contribution in [2.75, 3.05) is 62.0 Å². The van der Waals surface area contributed by atoms with E-state index in [-0.39, 0.29) is 11.7 Å². The molecule has 1 heterocycles. The summed E-state index contributed by atoms with van der Waals surface area (Å²) in [5.74, 6) is 0.874. The molecule has 0 saturated carbocycles. The number of amides is 1. The van der Waals surface area contributed by atoms with Crippen molar-refractivity contribution in [3.8, 4) is 0 Å². The molecule has 3 aromatic rings. The lowest BCUT2D eigenvalue weighted by atomic mass is 10.1. The predicted octanol–water partition coefficient (Wildman–Crippen LogP) is 4.73. The third-order valence-electron chi connectivity index (χ3n) is 6.65. The summed E-state index contributed by atoms with van der Waals surface area (Å²) < 4.78 is 24.0. The van der Waals surface area contributed by atoms with Gasteiger partial charge in [0.2, 0.25) is 17.8 Å². The molecule has 0 aliphatic carbocycles. The van der Waals surface area contributed by atoms with Gasteiger partial charge in [-0.2, -0.15) is 15.0 Å². The molecule has 0 fully saturated rings. The fourth-order valence-corrected chi connectivity index (χ4v) is 4.20. The van der Waals surface area contributed by atoms with E-state index >= 15 is 0 Å². The third kappa shape index (κ3) is 14.1. The average Bonchev–Trinajstić information content (AvgIpc) is 3.04. The molecule has 0 bridgehead atoms. The van der Waals surface area contributed by atoms with E-state index in [4.69, 9.17) is 15.2 Å². The van der Waals surface area contributed by atoms with E-state index in [9.17, 15) is 9.18 Å². The monoisotopic (exact) mass is 610 g/mol. The molecule has 2 aromatic carbocycles. The summed E-state index contributed by atoms with van der Waals surface area (Å²) in [6.07, 6.45) is 7.19. The van der Waals surface area contributed by atoms with Crippen LogP contribution in [0.5, 0.6) is 0 Å². The quantitative estimate of drug-likeness (QED) is 0.0955. The van der Waals surface area contributed by atoms with Gasteiger partial charge in [-0.05, 0) is 41.8 Å². The molecule has 44 heavy (non-hydrogen) atoms. The van der Waals surface area contributed by atoms with Crippen molar-refractivity contribution in [1.82, 2.24) is 20.3 Å². The Kier molecular flexibility index (Phi) is 16.5. The van der Waals surface area contributed by atoms with Crippen LogP contribution in [0.4, 0.5) is 22.2 Å². The largest absolute Gasteiger partial charge is 0.378 e. The Morgan fingerprint density at radius 2 is 1.25 bits per heavy atom. The second kappa shape index (κ2) is 20.9. The number of nitrogens with zero attached hydrogens (tertiary/aromatic N) is 3. The summed E-state index contributed by atoms with van der Waals surface area (Å²) in [5, 5.41) is 12.6. The van der Waals surface area contributed by atoms with Crippen molar-refractivity contribution in [3.63, 3.8) is 0 Å². The van der Waals surface area contributed by atoms with Gasteiger partial charge < -0.3 is 36.5 Å². The molecule has 1 aromatic heterocycles. The van der Waals surface area contributed by atoms with Crippen LogP contribution in [-0.2, 0) is 22.6 Å².